The van der Waals surface area contributed by atoms with Crippen LogP contribution in [-0.4, -0.2) is 55.0 Å². The maximum Gasteiger partial charge on any atom is 0.330 e. The van der Waals surface area contributed by atoms with Crippen molar-refractivity contribution < 1.29 is 28.5 Å². The second kappa shape index (κ2) is 14.6. The van der Waals surface area contributed by atoms with Gasteiger partial charge in [-0.05, 0) is 52.4 Å². The second-order valence-corrected chi connectivity index (χ2v) is 10.8. The Labute approximate surface area is 222 Å². The normalized spacial score (nSPS) is 36.3. The van der Waals surface area contributed by atoms with Crippen LogP contribution < -0.4 is 0 Å². The van der Waals surface area contributed by atoms with Crippen molar-refractivity contribution in [3.63, 3.8) is 0 Å². The predicted molar refractivity (Wildman–Crippen MR) is 145 cm³/mol. The highest BCUT2D eigenvalue weighted by molar-refractivity contribution is 5.82. The number of carbonyl (C=O) groups excluding carboxylic acids is 2. The van der Waals surface area contributed by atoms with Crippen LogP contribution in [0.4, 0.5) is 0 Å². The van der Waals surface area contributed by atoms with E-state index in [1.54, 1.807) is 6.08 Å². The summed E-state index contributed by atoms with van der Waals surface area (Å²) in [5, 5.41) is 0. The van der Waals surface area contributed by atoms with Gasteiger partial charge in [0.15, 0.2) is 0 Å². The third-order valence-corrected chi connectivity index (χ3v) is 6.97. The summed E-state index contributed by atoms with van der Waals surface area (Å²) in [5.41, 5.74) is 2.23. The lowest BCUT2D eigenvalue weighted by molar-refractivity contribution is -0.144. The minimum absolute atomic E-state index is 0.0312. The first-order valence-electron chi connectivity index (χ1n) is 13.7. The van der Waals surface area contributed by atoms with E-state index in [4.69, 9.17) is 18.9 Å². The average Bonchev–Trinajstić information content (AvgIpc) is 3.17. The highest BCUT2D eigenvalue weighted by Gasteiger charge is 2.37. The van der Waals surface area contributed by atoms with E-state index in [1.165, 1.54) is 11.6 Å². The first kappa shape index (κ1) is 29.3. The summed E-state index contributed by atoms with van der Waals surface area (Å²) in [6.07, 6.45) is 16.1. The SMILES string of the molecule is C=C1CC(=O)C[C@H]2C[C@H](OC(=O)/C=C\C[C@H](/C=C\C)OC(C)C[C@@H](C)C1)[C@H](/C=C/[C@@H]1CC(C)=CCO1)O2. The molecule has 0 saturated carbocycles. The summed E-state index contributed by atoms with van der Waals surface area (Å²) in [4.78, 5) is 25.5. The molecule has 0 aliphatic carbocycles. The molecule has 1 unspecified atom stereocenters. The summed E-state index contributed by atoms with van der Waals surface area (Å²) in [5.74, 6) is 0.0434. The van der Waals surface area contributed by atoms with Crippen LogP contribution in [0.25, 0.3) is 0 Å². The fourth-order valence-corrected chi connectivity index (χ4v) is 5.36. The van der Waals surface area contributed by atoms with Gasteiger partial charge in [-0.1, -0.05) is 61.1 Å². The van der Waals surface area contributed by atoms with Crippen molar-refractivity contribution in [1.29, 1.82) is 0 Å². The summed E-state index contributed by atoms with van der Waals surface area (Å²) in [7, 11) is 0. The van der Waals surface area contributed by atoms with E-state index in [0.717, 1.165) is 24.8 Å². The lowest BCUT2D eigenvalue weighted by atomic mass is 9.93. The number of carbonyl (C=O) groups is 2. The van der Waals surface area contributed by atoms with Gasteiger partial charge in [0.2, 0.25) is 0 Å². The third-order valence-electron chi connectivity index (χ3n) is 6.97. The van der Waals surface area contributed by atoms with Gasteiger partial charge in [0.25, 0.3) is 0 Å². The number of esters is 1. The maximum absolute atomic E-state index is 12.8. The predicted octanol–water partition coefficient (Wildman–Crippen LogP) is 5.98. The number of rotatable bonds is 3. The number of ketones is 1. The Morgan fingerprint density at radius 3 is 2.57 bits per heavy atom. The number of ether oxygens (including phenoxy) is 4. The highest BCUT2D eigenvalue weighted by atomic mass is 16.6. The molecule has 6 heteroatoms. The molecule has 3 rings (SSSR count). The van der Waals surface area contributed by atoms with Gasteiger partial charge in [-0.25, -0.2) is 4.79 Å². The number of hydrogen-bond donors (Lipinski definition) is 0. The molecule has 37 heavy (non-hydrogen) atoms. The zero-order chi connectivity index (χ0) is 26.8. The van der Waals surface area contributed by atoms with Crippen molar-refractivity contribution in [2.75, 3.05) is 6.61 Å². The van der Waals surface area contributed by atoms with E-state index in [2.05, 4.69) is 33.4 Å². The van der Waals surface area contributed by atoms with Gasteiger partial charge < -0.3 is 18.9 Å². The molecule has 0 aromatic heterocycles. The summed E-state index contributed by atoms with van der Waals surface area (Å²) in [6.45, 7) is 13.0. The molecule has 3 aliphatic rings. The first-order chi connectivity index (χ1) is 17.7. The smallest absolute Gasteiger partial charge is 0.330 e. The zero-order valence-electron chi connectivity index (χ0n) is 22.9. The van der Waals surface area contributed by atoms with E-state index in [-0.39, 0.29) is 36.6 Å². The second-order valence-electron chi connectivity index (χ2n) is 10.8. The average molecular weight is 513 g/mol. The third kappa shape index (κ3) is 10.2. The lowest BCUT2D eigenvalue weighted by Crippen LogP contribution is -2.26. The lowest BCUT2D eigenvalue weighted by Gasteiger charge is -2.22. The number of allylic oxidation sites excluding steroid dienone is 2. The van der Waals surface area contributed by atoms with Crippen LogP contribution in [0.15, 0.2) is 60.3 Å². The van der Waals surface area contributed by atoms with Gasteiger partial charge in [-0.15, -0.1) is 0 Å². The Morgan fingerprint density at radius 1 is 1.00 bits per heavy atom. The standard InChI is InChI=1S/C31H44O6/c1-6-8-26-9-7-10-31(33)37-30-20-28(36-29(30)12-11-27-18-21(2)13-14-34-27)19-25(32)17-23(4)15-22(3)16-24(5)35-26/h6-8,10-13,22,24,26-30H,4,9,14-20H2,1-3,5H3/b8-6-,10-7-,12-11+/t22-,24?,26-,27+,28-,29-,30-/m0/s1. The van der Waals surface area contributed by atoms with E-state index in [9.17, 15) is 9.59 Å². The molecule has 0 aromatic rings. The van der Waals surface area contributed by atoms with E-state index < -0.39 is 18.2 Å². The van der Waals surface area contributed by atoms with Crippen molar-refractivity contribution >= 4 is 11.8 Å². The molecule has 1 fully saturated rings. The summed E-state index contributed by atoms with van der Waals surface area (Å²) >= 11 is 0. The van der Waals surface area contributed by atoms with Crippen LogP contribution in [0.3, 0.4) is 0 Å². The van der Waals surface area contributed by atoms with Crippen LogP contribution in [0, 0.1) is 5.92 Å². The molecule has 0 aromatic carbocycles. The van der Waals surface area contributed by atoms with Crippen molar-refractivity contribution in [3.8, 4) is 0 Å². The molecular weight excluding hydrogens is 468 g/mol. The molecule has 0 spiro atoms. The first-order valence-corrected chi connectivity index (χ1v) is 13.7. The van der Waals surface area contributed by atoms with Crippen molar-refractivity contribution in [1.82, 2.24) is 0 Å². The quantitative estimate of drug-likeness (QED) is 0.342. The molecule has 3 heterocycles. The molecule has 7 atom stereocenters. The largest absolute Gasteiger partial charge is 0.456 e. The molecule has 2 bridgehead atoms. The number of Topliss-reactive ketones (excluding diaryl/α,β-unsaturated/α-hetero) is 1. The Balaban J connectivity index is 1.74. The fraction of sp³-hybridized carbons (Fsp3) is 0.613. The van der Waals surface area contributed by atoms with E-state index >= 15 is 0 Å². The van der Waals surface area contributed by atoms with Gasteiger partial charge in [-0.3, -0.25) is 4.79 Å². The molecule has 1 saturated heterocycles. The number of hydrogen-bond acceptors (Lipinski definition) is 6. The Morgan fingerprint density at radius 2 is 1.81 bits per heavy atom. The zero-order valence-corrected chi connectivity index (χ0v) is 22.9. The summed E-state index contributed by atoms with van der Waals surface area (Å²) < 4.78 is 24.0. The molecule has 0 amide bonds. The van der Waals surface area contributed by atoms with Gasteiger partial charge in [0.1, 0.15) is 18.0 Å². The van der Waals surface area contributed by atoms with Gasteiger partial charge in [0.05, 0.1) is 31.0 Å². The molecular formula is C31H44O6. The van der Waals surface area contributed by atoms with Crippen LogP contribution in [0.1, 0.15) is 72.6 Å². The van der Waals surface area contributed by atoms with Crippen molar-refractivity contribution in [3.05, 3.63) is 60.3 Å². The Bertz CT molecular complexity index is 913. The van der Waals surface area contributed by atoms with E-state index in [0.29, 0.717) is 31.8 Å². The van der Waals surface area contributed by atoms with Crippen LogP contribution in [-0.2, 0) is 28.5 Å². The minimum atomic E-state index is -0.462. The number of fused-ring (bicyclic) bond motifs is 2. The minimum Gasteiger partial charge on any atom is -0.456 e. The molecule has 0 N–H and O–H groups in total. The van der Waals surface area contributed by atoms with Gasteiger partial charge >= 0.3 is 5.97 Å². The molecule has 3 aliphatic heterocycles. The maximum atomic E-state index is 12.8. The summed E-state index contributed by atoms with van der Waals surface area (Å²) in [6, 6.07) is 0. The fourth-order valence-electron chi connectivity index (χ4n) is 5.36. The molecule has 204 valence electrons. The van der Waals surface area contributed by atoms with Gasteiger partial charge in [0, 0.05) is 25.3 Å². The van der Waals surface area contributed by atoms with Crippen LogP contribution >= 0.6 is 0 Å². The van der Waals surface area contributed by atoms with Gasteiger partial charge in [-0.2, -0.15) is 0 Å². The molecule has 0 radical (unpaired) electrons. The Kier molecular flexibility index (Phi) is 11.6. The topological polar surface area (TPSA) is 71.1 Å². The Hall–Kier alpha value is -2.28. The highest BCUT2D eigenvalue weighted by Crippen LogP contribution is 2.29. The monoisotopic (exact) mass is 512 g/mol. The van der Waals surface area contributed by atoms with Crippen molar-refractivity contribution in [2.45, 2.75) is 109 Å². The molecule has 6 nitrogen and oxygen atoms in total. The van der Waals surface area contributed by atoms with Crippen LogP contribution in [0.5, 0.6) is 0 Å². The van der Waals surface area contributed by atoms with E-state index in [1.807, 2.05) is 31.2 Å². The van der Waals surface area contributed by atoms with Crippen molar-refractivity contribution in [2.24, 2.45) is 5.92 Å². The van der Waals surface area contributed by atoms with Crippen LogP contribution in [0.2, 0.25) is 0 Å².